The third-order valence-corrected chi connectivity index (χ3v) is 4.56. The van der Waals surface area contributed by atoms with Gasteiger partial charge < -0.3 is 19.1 Å². The van der Waals surface area contributed by atoms with Crippen LogP contribution in [0.1, 0.15) is 24.0 Å². The van der Waals surface area contributed by atoms with Gasteiger partial charge in [-0.05, 0) is 23.4 Å². The normalized spacial score (nSPS) is 18.8. The molecule has 4 rings (SSSR count). The van der Waals surface area contributed by atoms with Gasteiger partial charge in [-0.15, -0.1) is 0 Å². The standard InChI is InChI=1S/C19H15F4N3O4/c20-14-2-1-11(19(21,22)23)3-10(14)9-28-12-4-13(5-12)29-18-8-24-15(7-25-18)16-6-17(27)26-30-16/h1-3,6-8,12-13H,4-5,9H2,(H,26,27)/t12-,13+. The summed E-state index contributed by atoms with van der Waals surface area (Å²) >= 11 is 0. The molecule has 1 aliphatic carbocycles. The number of ether oxygens (including phenoxy) is 2. The molecule has 3 aromatic rings. The Labute approximate surface area is 167 Å². The minimum atomic E-state index is -4.54. The first-order valence-electron chi connectivity index (χ1n) is 8.90. The Morgan fingerprint density at radius 1 is 1.10 bits per heavy atom. The van der Waals surface area contributed by atoms with Crippen molar-refractivity contribution in [2.24, 2.45) is 0 Å². The summed E-state index contributed by atoms with van der Waals surface area (Å²) in [6, 6.07) is 3.54. The van der Waals surface area contributed by atoms with Gasteiger partial charge in [0, 0.05) is 18.4 Å². The second-order valence-electron chi connectivity index (χ2n) is 6.74. The summed E-state index contributed by atoms with van der Waals surface area (Å²) < 4.78 is 68.0. The number of aromatic nitrogens is 3. The molecule has 158 valence electrons. The number of aromatic hydroxyl groups is 1. The third-order valence-electron chi connectivity index (χ3n) is 4.56. The smallest absolute Gasteiger partial charge is 0.416 e. The first-order valence-corrected chi connectivity index (χ1v) is 8.90. The van der Waals surface area contributed by atoms with Crippen LogP contribution in [-0.4, -0.2) is 32.4 Å². The van der Waals surface area contributed by atoms with Gasteiger partial charge in [-0.1, -0.05) is 0 Å². The number of benzene rings is 1. The number of rotatable bonds is 6. The largest absolute Gasteiger partial charge is 0.491 e. The summed E-state index contributed by atoms with van der Waals surface area (Å²) in [6.45, 7) is -0.258. The lowest BCUT2D eigenvalue weighted by atomic mass is 9.92. The second-order valence-corrected chi connectivity index (χ2v) is 6.74. The molecular formula is C19H15F4N3O4. The Morgan fingerprint density at radius 3 is 2.53 bits per heavy atom. The Kier molecular flexibility index (Phi) is 5.29. The van der Waals surface area contributed by atoms with Gasteiger partial charge >= 0.3 is 6.18 Å². The predicted octanol–water partition coefficient (Wildman–Crippen LogP) is 4.12. The van der Waals surface area contributed by atoms with Crippen LogP contribution in [0, 0.1) is 5.82 Å². The van der Waals surface area contributed by atoms with Crippen LogP contribution in [-0.2, 0) is 17.5 Å². The van der Waals surface area contributed by atoms with E-state index in [1.54, 1.807) is 0 Å². The highest BCUT2D eigenvalue weighted by Crippen LogP contribution is 2.32. The molecule has 1 fully saturated rings. The Balaban J connectivity index is 1.26. The van der Waals surface area contributed by atoms with Crippen molar-refractivity contribution < 1.29 is 36.7 Å². The van der Waals surface area contributed by atoms with Gasteiger partial charge in [-0.25, -0.2) is 14.4 Å². The number of hydrogen-bond donors (Lipinski definition) is 1. The van der Waals surface area contributed by atoms with Crippen LogP contribution in [0.25, 0.3) is 11.5 Å². The van der Waals surface area contributed by atoms with Crippen molar-refractivity contribution in [2.75, 3.05) is 0 Å². The van der Waals surface area contributed by atoms with Crippen LogP contribution >= 0.6 is 0 Å². The fraction of sp³-hybridized carbons (Fsp3) is 0.316. The van der Waals surface area contributed by atoms with Crippen molar-refractivity contribution in [3.8, 4) is 23.2 Å². The van der Waals surface area contributed by atoms with Crippen molar-refractivity contribution in [2.45, 2.75) is 37.8 Å². The average molecular weight is 425 g/mol. The van der Waals surface area contributed by atoms with E-state index in [2.05, 4.69) is 15.1 Å². The molecule has 0 bridgehead atoms. The van der Waals surface area contributed by atoms with Crippen LogP contribution in [0.5, 0.6) is 11.8 Å². The fourth-order valence-electron chi connectivity index (χ4n) is 2.88. The number of nitrogens with zero attached hydrogens (tertiary/aromatic N) is 3. The molecule has 0 spiro atoms. The Bertz CT molecular complexity index is 1020. The van der Waals surface area contributed by atoms with E-state index in [1.807, 2.05) is 0 Å². The van der Waals surface area contributed by atoms with Crippen molar-refractivity contribution in [1.82, 2.24) is 15.1 Å². The van der Waals surface area contributed by atoms with Crippen LogP contribution in [0.2, 0.25) is 0 Å². The lowest BCUT2D eigenvalue weighted by molar-refractivity contribution is -0.137. The highest BCUT2D eigenvalue weighted by Gasteiger charge is 2.33. The molecule has 0 aliphatic heterocycles. The molecule has 1 aromatic carbocycles. The van der Waals surface area contributed by atoms with Crippen LogP contribution in [0.15, 0.2) is 41.2 Å². The molecule has 0 saturated heterocycles. The molecule has 1 N–H and O–H groups in total. The molecule has 2 heterocycles. The molecule has 1 saturated carbocycles. The van der Waals surface area contributed by atoms with E-state index in [9.17, 15) is 22.7 Å². The van der Waals surface area contributed by atoms with Gasteiger partial charge in [0.15, 0.2) is 5.76 Å². The molecule has 0 unspecified atom stereocenters. The van der Waals surface area contributed by atoms with Crippen LogP contribution in [0.4, 0.5) is 17.6 Å². The van der Waals surface area contributed by atoms with E-state index < -0.39 is 17.6 Å². The third kappa shape index (κ3) is 4.51. The first-order chi connectivity index (χ1) is 14.3. The molecule has 7 nitrogen and oxygen atoms in total. The summed E-state index contributed by atoms with van der Waals surface area (Å²) in [5.41, 5.74) is -0.693. The maximum Gasteiger partial charge on any atom is 0.416 e. The molecule has 1 aliphatic rings. The lowest BCUT2D eigenvalue weighted by Gasteiger charge is -2.34. The lowest BCUT2D eigenvalue weighted by Crippen LogP contribution is -2.39. The average Bonchev–Trinajstić information content (AvgIpc) is 3.10. The van der Waals surface area contributed by atoms with Gasteiger partial charge in [-0.3, -0.25) is 0 Å². The molecular weight excluding hydrogens is 410 g/mol. The summed E-state index contributed by atoms with van der Waals surface area (Å²) in [5, 5.41) is 12.5. The molecule has 0 atom stereocenters. The van der Waals surface area contributed by atoms with Gasteiger partial charge in [0.25, 0.3) is 5.88 Å². The summed E-state index contributed by atoms with van der Waals surface area (Å²) in [4.78, 5) is 8.21. The minimum absolute atomic E-state index is 0.144. The predicted molar refractivity (Wildman–Crippen MR) is 92.8 cm³/mol. The van der Waals surface area contributed by atoms with E-state index >= 15 is 0 Å². The zero-order valence-corrected chi connectivity index (χ0v) is 15.3. The molecule has 30 heavy (non-hydrogen) atoms. The zero-order valence-electron chi connectivity index (χ0n) is 15.3. The highest BCUT2D eigenvalue weighted by molar-refractivity contribution is 5.51. The van der Waals surface area contributed by atoms with Gasteiger partial charge in [0.2, 0.25) is 5.88 Å². The quantitative estimate of drug-likeness (QED) is 0.594. The van der Waals surface area contributed by atoms with Gasteiger partial charge in [0.1, 0.15) is 17.6 Å². The van der Waals surface area contributed by atoms with Crippen molar-refractivity contribution in [3.05, 3.63) is 53.6 Å². The fourth-order valence-corrected chi connectivity index (χ4v) is 2.88. The molecule has 11 heteroatoms. The summed E-state index contributed by atoms with van der Waals surface area (Å²) in [5.74, 6) is -0.483. The highest BCUT2D eigenvalue weighted by atomic mass is 19.4. The van der Waals surface area contributed by atoms with E-state index in [1.165, 1.54) is 18.5 Å². The maximum atomic E-state index is 13.7. The van der Waals surface area contributed by atoms with E-state index in [0.29, 0.717) is 24.6 Å². The minimum Gasteiger partial charge on any atom is -0.491 e. The van der Waals surface area contributed by atoms with Crippen molar-refractivity contribution in [1.29, 1.82) is 0 Å². The second kappa shape index (κ2) is 7.90. The van der Waals surface area contributed by atoms with Crippen molar-refractivity contribution in [3.63, 3.8) is 0 Å². The number of halogens is 4. The maximum absolute atomic E-state index is 13.7. The summed E-state index contributed by atoms with van der Waals surface area (Å²) in [7, 11) is 0. The number of hydrogen-bond acceptors (Lipinski definition) is 7. The topological polar surface area (TPSA) is 90.5 Å². The Morgan fingerprint density at radius 2 is 1.90 bits per heavy atom. The van der Waals surface area contributed by atoms with Gasteiger partial charge in [0.05, 0.1) is 36.7 Å². The van der Waals surface area contributed by atoms with Crippen LogP contribution in [0.3, 0.4) is 0 Å². The zero-order chi connectivity index (χ0) is 21.3. The number of alkyl halides is 3. The van der Waals surface area contributed by atoms with E-state index in [4.69, 9.17) is 14.0 Å². The van der Waals surface area contributed by atoms with Gasteiger partial charge in [-0.2, -0.15) is 13.2 Å². The molecule has 0 amide bonds. The Hall–Kier alpha value is -3.21. The van der Waals surface area contributed by atoms with Crippen LogP contribution < -0.4 is 4.74 Å². The summed E-state index contributed by atoms with van der Waals surface area (Å²) in [6.07, 6.45) is -1.23. The van der Waals surface area contributed by atoms with E-state index in [0.717, 1.165) is 12.1 Å². The van der Waals surface area contributed by atoms with E-state index in [-0.39, 0.29) is 41.9 Å². The van der Waals surface area contributed by atoms with Crippen molar-refractivity contribution >= 4 is 0 Å². The first kappa shape index (κ1) is 20.1. The molecule has 0 radical (unpaired) electrons. The molecule has 2 aromatic heterocycles. The monoisotopic (exact) mass is 425 g/mol. The SMILES string of the molecule is Oc1cc(-c2cnc(O[C@H]3C[C@@H](OCc4cc(C(F)(F)F)ccc4F)C3)cn2)on1.